The third-order valence-corrected chi connectivity index (χ3v) is 2.91. The maximum Gasteiger partial charge on any atom is 0.145 e. The van der Waals surface area contributed by atoms with Gasteiger partial charge in [-0.2, -0.15) is 0 Å². The zero-order valence-electron chi connectivity index (χ0n) is 7.31. The number of hydrogen-bond acceptors (Lipinski definition) is 1. The Kier molecular flexibility index (Phi) is 1.73. The third-order valence-electron chi connectivity index (χ3n) is 2.31. The molecule has 14 heavy (non-hydrogen) atoms. The van der Waals surface area contributed by atoms with Crippen molar-refractivity contribution in [3.05, 3.63) is 46.4 Å². The van der Waals surface area contributed by atoms with Gasteiger partial charge in [0, 0.05) is 23.2 Å². The first-order valence-electron chi connectivity index (χ1n) is 4.36. The van der Waals surface area contributed by atoms with E-state index in [1.54, 1.807) is 0 Å². The van der Waals surface area contributed by atoms with Crippen molar-refractivity contribution in [1.29, 1.82) is 0 Å². The number of benzene rings is 1. The molecule has 0 fully saturated rings. The molecule has 0 spiro atoms. The summed E-state index contributed by atoms with van der Waals surface area (Å²) in [6.45, 7) is 0. The number of nitrogens with zero attached hydrogens (tertiary/aromatic N) is 2. The van der Waals surface area contributed by atoms with E-state index < -0.39 is 0 Å². The van der Waals surface area contributed by atoms with Crippen LogP contribution in [0.3, 0.4) is 0 Å². The summed E-state index contributed by atoms with van der Waals surface area (Å²) in [6, 6.07) is 10.3. The van der Waals surface area contributed by atoms with Crippen LogP contribution in [0.15, 0.2) is 42.7 Å². The fourth-order valence-corrected chi connectivity index (χ4v) is 2.06. The molecule has 0 saturated carbocycles. The summed E-state index contributed by atoms with van der Waals surface area (Å²) in [7, 11) is 0. The number of fused-ring (bicyclic) bond motifs is 3. The molecule has 0 N–H and O–H groups in total. The first-order chi connectivity index (χ1) is 6.84. The van der Waals surface area contributed by atoms with Crippen LogP contribution in [0.1, 0.15) is 0 Å². The summed E-state index contributed by atoms with van der Waals surface area (Å²) in [5.74, 6) is 0. The van der Waals surface area contributed by atoms with E-state index in [0.717, 1.165) is 9.35 Å². The Hall–Kier alpha value is -1.10. The van der Waals surface area contributed by atoms with E-state index in [4.69, 9.17) is 0 Å². The van der Waals surface area contributed by atoms with E-state index in [0.29, 0.717) is 0 Å². The second-order valence-electron chi connectivity index (χ2n) is 3.20. The van der Waals surface area contributed by atoms with Gasteiger partial charge in [0.15, 0.2) is 0 Å². The van der Waals surface area contributed by atoms with Crippen LogP contribution in [0, 0.1) is 3.70 Å². The molecule has 0 saturated heterocycles. The van der Waals surface area contributed by atoms with Crippen molar-refractivity contribution in [2.75, 3.05) is 0 Å². The van der Waals surface area contributed by atoms with Crippen LogP contribution in [-0.2, 0) is 0 Å². The lowest BCUT2D eigenvalue weighted by molar-refractivity contribution is 1.12. The summed E-state index contributed by atoms with van der Waals surface area (Å²) in [4.78, 5) is 4.51. The van der Waals surface area contributed by atoms with E-state index >= 15 is 0 Å². The summed E-state index contributed by atoms with van der Waals surface area (Å²) < 4.78 is 3.09. The Balaban J connectivity index is 2.58. The van der Waals surface area contributed by atoms with Crippen molar-refractivity contribution in [1.82, 2.24) is 9.38 Å². The summed E-state index contributed by atoms with van der Waals surface area (Å²) >= 11 is 2.23. The van der Waals surface area contributed by atoms with Crippen molar-refractivity contribution in [3.63, 3.8) is 0 Å². The third kappa shape index (κ3) is 1.12. The predicted molar refractivity (Wildman–Crippen MR) is 65.4 cm³/mol. The molecule has 0 aliphatic rings. The summed E-state index contributed by atoms with van der Waals surface area (Å²) in [5.41, 5.74) is 1.03. The second kappa shape index (κ2) is 2.95. The molecule has 3 aromatic rings. The molecular formula is C11H7IN2. The van der Waals surface area contributed by atoms with Crippen LogP contribution in [0.4, 0.5) is 0 Å². The quantitative estimate of drug-likeness (QED) is 0.460. The van der Waals surface area contributed by atoms with Crippen LogP contribution in [0.2, 0.25) is 0 Å². The lowest BCUT2D eigenvalue weighted by Crippen LogP contribution is -1.87. The largest absolute Gasteiger partial charge is 0.307 e. The molecule has 0 aliphatic heterocycles. The van der Waals surface area contributed by atoms with Crippen molar-refractivity contribution in [2.45, 2.75) is 0 Å². The lowest BCUT2D eigenvalue weighted by atomic mass is 10.2. The zero-order valence-corrected chi connectivity index (χ0v) is 9.47. The van der Waals surface area contributed by atoms with Gasteiger partial charge in [-0.15, -0.1) is 0 Å². The molecule has 0 radical (unpaired) electrons. The Bertz CT molecular complexity index is 613. The predicted octanol–water partition coefficient (Wildman–Crippen LogP) is 3.09. The van der Waals surface area contributed by atoms with Crippen LogP contribution >= 0.6 is 22.6 Å². The van der Waals surface area contributed by atoms with Crippen molar-refractivity contribution >= 4 is 39.0 Å². The molecule has 0 atom stereocenters. The highest BCUT2D eigenvalue weighted by Gasteiger charge is 2.02. The number of hydrogen-bond donors (Lipinski definition) is 0. The lowest BCUT2D eigenvalue weighted by Gasteiger charge is -1.93. The van der Waals surface area contributed by atoms with Crippen molar-refractivity contribution < 1.29 is 0 Å². The fraction of sp³-hybridized carbons (Fsp3) is 0. The van der Waals surface area contributed by atoms with E-state index in [1.165, 1.54) is 10.8 Å². The molecule has 3 rings (SSSR count). The molecule has 2 aromatic heterocycles. The van der Waals surface area contributed by atoms with E-state index in [9.17, 15) is 0 Å². The van der Waals surface area contributed by atoms with Gasteiger partial charge in [0.05, 0.1) is 0 Å². The zero-order chi connectivity index (χ0) is 9.54. The van der Waals surface area contributed by atoms with Gasteiger partial charge in [0.25, 0.3) is 0 Å². The summed E-state index contributed by atoms with van der Waals surface area (Å²) in [5, 5.41) is 2.45. The van der Waals surface area contributed by atoms with Crippen molar-refractivity contribution in [2.24, 2.45) is 0 Å². The molecule has 1 aromatic carbocycles. The van der Waals surface area contributed by atoms with Crippen LogP contribution in [0.5, 0.6) is 0 Å². The topological polar surface area (TPSA) is 17.3 Å². The first-order valence-corrected chi connectivity index (χ1v) is 5.44. The summed E-state index contributed by atoms with van der Waals surface area (Å²) in [6.07, 6.45) is 4.15. The Labute approximate surface area is 94.7 Å². The van der Waals surface area contributed by atoms with Gasteiger partial charge in [-0.3, -0.25) is 0 Å². The van der Waals surface area contributed by atoms with Crippen molar-refractivity contribution in [3.8, 4) is 0 Å². The molecule has 68 valence electrons. The standard InChI is InChI=1S/C11H7IN2/c12-10-5-6-14-7-8-3-1-2-4-9(8)11(14)13-10/h1-7H. The average Bonchev–Trinajstić information content (AvgIpc) is 2.56. The van der Waals surface area contributed by atoms with E-state index in [2.05, 4.69) is 50.3 Å². The Morgan fingerprint density at radius 2 is 2.00 bits per heavy atom. The molecule has 2 nitrogen and oxygen atoms in total. The number of halogens is 1. The fourth-order valence-electron chi connectivity index (χ4n) is 1.68. The van der Waals surface area contributed by atoms with Gasteiger partial charge in [-0.1, -0.05) is 24.3 Å². The molecule has 3 heteroatoms. The van der Waals surface area contributed by atoms with Gasteiger partial charge in [-0.05, 0) is 28.7 Å². The molecule has 0 bridgehead atoms. The highest BCUT2D eigenvalue weighted by molar-refractivity contribution is 14.1. The monoisotopic (exact) mass is 294 g/mol. The van der Waals surface area contributed by atoms with Crippen LogP contribution < -0.4 is 0 Å². The SMILES string of the molecule is Ic1ccn2cc3ccccc3c2n1. The molecular weight excluding hydrogens is 287 g/mol. The highest BCUT2D eigenvalue weighted by atomic mass is 127. The van der Waals surface area contributed by atoms with Gasteiger partial charge in [0.2, 0.25) is 0 Å². The minimum absolute atomic E-state index is 1.03. The Morgan fingerprint density at radius 1 is 1.14 bits per heavy atom. The second-order valence-corrected chi connectivity index (χ2v) is 4.30. The number of aromatic nitrogens is 2. The molecule has 0 aliphatic carbocycles. The molecule has 0 amide bonds. The molecule has 0 unspecified atom stereocenters. The number of rotatable bonds is 0. The minimum atomic E-state index is 1.03. The molecule has 2 heterocycles. The van der Waals surface area contributed by atoms with E-state index in [1.807, 2.05) is 24.4 Å². The normalized spacial score (nSPS) is 11.2. The minimum Gasteiger partial charge on any atom is -0.307 e. The Morgan fingerprint density at radius 3 is 2.93 bits per heavy atom. The average molecular weight is 294 g/mol. The van der Waals surface area contributed by atoms with Gasteiger partial charge >= 0.3 is 0 Å². The highest BCUT2D eigenvalue weighted by Crippen LogP contribution is 2.20. The van der Waals surface area contributed by atoms with Crippen LogP contribution in [-0.4, -0.2) is 9.38 Å². The van der Waals surface area contributed by atoms with Gasteiger partial charge in [-0.25, -0.2) is 4.98 Å². The first kappa shape index (κ1) is 8.23. The van der Waals surface area contributed by atoms with Crippen LogP contribution in [0.25, 0.3) is 16.4 Å². The maximum atomic E-state index is 4.51. The van der Waals surface area contributed by atoms with E-state index in [-0.39, 0.29) is 0 Å². The maximum absolute atomic E-state index is 4.51. The van der Waals surface area contributed by atoms with Gasteiger partial charge in [0.1, 0.15) is 9.35 Å². The smallest absolute Gasteiger partial charge is 0.145 e. The van der Waals surface area contributed by atoms with Gasteiger partial charge < -0.3 is 4.40 Å².